The normalized spacial score (nSPS) is 19.9. The highest BCUT2D eigenvalue weighted by Crippen LogP contribution is 2.36. The third kappa shape index (κ3) is 4.40. The number of nitrogens with two attached hydrogens (primary N) is 1. The Morgan fingerprint density at radius 3 is 2.84 bits per heavy atom. The molecule has 1 atom stereocenters. The van der Waals surface area contributed by atoms with E-state index in [4.69, 9.17) is 5.73 Å². The first-order valence-electron chi connectivity index (χ1n) is 7.60. The summed E-state index contributed by atoms with van der Waals surface area (Å²) in [7, 11) is 0. The standard InChI is InChI=1S/C17H18FN3OS2.ClH/c1-10-20-9-15(24-10)14(22)8-11-3-4-13(18)12(7-11)17(2)5-6-23-16(19)21-17;/h3-4,7,9H,5-6,8H2,1-2H3,(H2,19,21);1H/t17-;/m0./s1. The van der Waals surface area contributed by atoms with Crippen LogP contribution in [0.25, 0.3) is 0 Å². The maximum Gasteiger partial charge on any atom is 0.178 e. The second-order valence-corrected chi connectivity index (χ2v) is 8.33. The molecule has 1 aliphatic heterocycles. The van der Waals surface area contributed by atoms with Gasteiger partial charge in [0, 0.05) is 23.9 Å². The Labute approximate surface area is 160 Å². The molecule has 1 aromatic heterocycles. The smallest absolute Gasteiger partial charge is 0.178 e. The van der Waals surface area contributed by atoms with Gasteiger partial charge in [-0.15, -0.1) is 23.7 Å². The quantitative estimate of drug-likeness (QED) is 0.785. The maximum atomic E-state index is 14.4. The number of aryl methyl sites for hydroxylation is 1. The molecule has 8 heteroatoms. The van der Waals surface area contributed by atoms with Gasteiger partial charge < -0.3 is 5.73 Å². The topological polar surface area (TPSA) is 68.3 Å². The van der Waals surface area contributed by atoms with Crippen LogP contribution in [0.3, 0.4) is 0 Å². The number of amidine groups is 1. The SMILES string of the molecule is Cc1ncc(C(=O)Cc2ccc(F)c([C@]3(C)CCSC(N)=N3)c2)s1.Cl. The summed E-state index contributed by atoms with van der Waals surface area (Å²) in [5.41, 5.74) is 6.42. The van der Waals surface area contributed by atoms with E-state index in [9.17, 15) is 9.18 Å². The van der Waals surface area contributed by atoms with E-state index in [0.29, 0.717) is 22.0 Å². The largest absolute Gasteiger partial charge is 0.379 e. The van der Waals surface area contributed by atoms with Crippen LogP contribution < -0.4 is 5.73 Å². The molecule has 2 N–H and O–H groups in total. The van der Waals surface area contributed by atoms with Gasteiger partial charge in [-0.25, -0.2) is 9.37 Å². The van der Waals surface area contributed by atoms with Gasteiger partial charge in [0.05, 0.1) is 15.4 Å². The Bertz CT molecular complexity index is 824. The maximum absolute atomic E-state index is 14.4. The summed E-state index contributed by atoms with van der Waals surface area (Å²) in [6.07, 6.45) is 2.52. The van der Waals surface area contributed by atoms with Crippen LogP contribution >= 0.6 is 35.5 Å². The molecular formula is C17H19ClFN3OS2. The minimum absolute atomic E-state index is 0. The molecule has 0 fully saturated rings. The number of carbonyl (C=O) groups excluding carboxylic acids is 1. The summed E-state index contributed by atoms with van der Waals surface area (Å²) >= 11 is 2.86. The van der Waals surface area contributed by atoms with Crippen molar-refractivity contribution in [3.8, 4) is 0 Å². The van der Waals surface area contributed by atoms with Crippen LogP contribution in [0.4, 0.5) is 4.39 Å². The molecule has 1 aliphatic rings. The average Bonchev–Trinajstić information content (AvgIpc) is 2.95. The van der Waals surface area contributed by atoms with Gasteiger partial charge in [-0.2, -0.15) is 0 Å². The summed E-state index contributed by atoms with van der Waals surface area (Å²) in [6.45, 7) is 3.75. The van der Waals surface area contributed by atoms with E-state index >= 15 is 0 Å². The van der Waals surface area contributed by atoms with Crippen LogP contribution in [-0.4, -0.2) is 21.7 Å². The van der Waals surface area contributed by atoms with Crippen molar-refractivity contribution in [2.45, 2.75) is 32.2 Å². The highest BCUT2D eigenvalue weighted by Gasteiger charge is 2.32. The lowest BCUT2D eigenvalue weighted by atomic mass is 9.87. The molecule has 0 amide bonds. The molecule has 1 aromatic carbocycles. The van der Waals surface area contributed by atoms with Crippen molar-refractivity contribution in [1.29, 1.82) is 0 Å². The van der Waals surface area contributed by atoms with E-state index in [1.165, 1.54) is 29.2 Å². The monoisotopic (exact) mass is 399 g/mol. The first-order chi connectivity index (χ1) is 11.4. The minimum Gasteiger partial charge on any atom is -0.379 e. The molecule has 0 radical (unpaired) electrons. The van der Waals surface area contributed by atoms with Crippen LogP contribution in [-0.2, 0) is 12.0 Å². The van der Waals surface area contributed by atoms with Gasteiger partial charge in [-0.1, -0.05) is 17.8 Å². The highest BCUT2D eigenvalue weighted by molar-refractivity contribution is 8.13. The zero-order chi connectivity index (χ0) is 17.3. The Balaban J connectivity index is 0.00000225. The molecule has 4 nitrogen and oxygen atoms in total. The van der Waals surface area contributed by atoms with Crippen molar-refractivity contribution < 1.29 is 9.18 Å². The number of aromatic nitrogens is 1. The Kier molecular flexibility index (Phi) is 6.24. The van der Waals surface area contributed by atoms with Gasteiger partial charge in [-0.05, 0) is 38.0 Å². The van der Waals surface area contributed by atoms with Crippen LogP contribution in [0, 0.1) is 12.7 Å². The van der Waals surface area contributed by atoms with E-state index in [1.807, 2.05) is 13.8 Å². The van der Waals surface area contributed by atoms with Gasteiger partial charge in [0.1, 0.15) is 5.82 Å². The molecule has 0 spiro atoms. The molecule has 0 saturated carbocycles. The van der Waals surface area contributed by atoms with Gasteiger partial charge in [-0.3, -0.25) is 9.79 Å². The first kappa shape index (κ1) is 19.9. The molecule has 0 unspecified atom stereocenters. The second kappa shape index (κ2) is 7.85. The molecule has 134 valence electrons. The van der Waals surface area contributed by atoms with Crippen molar-refractivity contribution in [3.63, 3.8) is 0 Å². The third-order valence-corrected chi connectivity index (χ3v) is 5.82. The molecule has 0 saturated heterocycles. The fourth-order valence-corrected chi connectivity index (χ4v) is 4.43. The number of hydrogen-bond donors (Lipinski definition) is 1. The van der Waals surface area contributed by atoms with Crippen molar-refractivity contribution in [1.82, 2.24) is 4.98 Å². The van der Waals surface area contributed by atoms with Gasteiger partial charge in [0.15, 0.2) is 11.0 Å². The predicted octanol–water partition coefficient (Wildman–Crippen LogP) is 4.10. The highest BCUT2D eigenvalue weighted by atomic mass is 35.5. The number of hydrogen-bond acceptors (Lipinski definition) is 6. The van der Waals surface area contributed by atoms with E-state index in [2.05, 4.69) is 9.98 Å². The van der Waals surface area contributed by atoms with E-state index in [1.54, 1.807) is 18.3 Å². The number of carbonyl (C=O) groups is 1. The Morgan fingerprint density at radius 1 is 1.44 bits per heavy atom. The fourth-order valence-electron chi connectivity index (χ4n) is 2.74. The van der Waals surface area contributed by atoms with Crippen LogP contribution in [0.1, 0.15) is 39.2 Å². The van der Waals surface area contributed by atoms with Crippen LogP contribution in [0.2, 0.25) is 0 Å². The number of halogens is 2. The third-order valence-electron chi connectivity index (χ3n) is 4.07. The lowest BCUT2D eigenvalue weighted by Crippen LogP contribution is -2.29. The van der Waals surface area contributed by atoms with Crippen LogP contribution in [0.15, 0.2) is 29.4 Å². The summed E-state index contributed by atoms with van der Waals surface area (Å²) < 4.78 is 14.4. The number of nitrogens with zero attached hydrogens (tertiary/aromatic N) is 2. The zero-order valence-electron chi connectivity index (χ0n) is 13.9. The number of thioether (sulfide) groups is 1. The molecule has 0 aliphatic carbocycles. The van der Waals surface area contributed by atoms with E-state index in [-0.39, 0.29) is 30.4 Å². The summed E-state index contributed by atoms with van der Waals surface area (Å²) in [5.74, 6) is 0.477. The second-order valence-electron chi connectivity index (χ2n) is 5.98. The summed E-state index contributed by atoms with van der Waals surface area (Å²) in [4.78, 5) is 21.5. The number of Topliss-reactive ketones (excluding diaryl/α,β-unsaturated/α-hetero) is 1. The molecule has 3 rings (SSSR count). The van der Waals surface area contributed by atoms with Crippen LogP contribution in [0.5, 0.6) is 0 Å². The Hall–Kier alpha value is -1.44. The number of ketones is 1. The summed E-state index contributed by atoms with van der Waals surface area (Å²) in [5, 5.41) is 1.33. The number of benzene rings is 1. The van der Waals surface area contributed by atoms with Crippen molar-refractivity contribution in [3.05, 3.63) is 51.2 Å². The van der Waals surface area contributed by atoms with Crippen molar-refractivity contribution in [2.24, 2.45) is 10.7 Å². The lowest BCUT2D eigenvalue weighted by molar-refractivity contribution is 0.0996. The average molecular weight is 400 g/mol. The van der Waals surface area contributed by atoms with Crippen molar-refractivity contribution in [2.75, 3.05) is 5.75 Å². The molecule has 25 heavy (non-hydrogen) atoms. The number of rotatable bonds is 4. The number of aliphatic imine (C=N–C) groups is 1. The molecule has 0 bridgehead atoms. The lowest BCUT2D eigenvalue weighted by Gasteiger charge is -2.30. The van der Waals surface area contributed by atoms with Gasteiger partial charge in [0.25, 0.3) is 0 Å². The van der Waals surface area contributed by atoms with E-state index in [0.717, 1.165) is 16.3 Å². The number of thiazole rings is 1. The first-order valence-corrected chi connectivity index (χ1v) is 9.40. The van der Waals surface area contributed by atoms with Gasteiger partial charge >= 0.3 is 0 Å². The molecule has 2 heterocycles. The molecular weight excluding hydrogens is 381 g/mol. The molecule has 2 aromatic rings. The van der Waals surface area contributed by atoms with Crippen molar-refractivity contribution >= 4 is 46.5 Å². The zero-order valence-corrected chi connectivity index (χ0v) is 16.4. The minimum atomic E-state index is -0.681. The Morgan fingerprint density at radius 2 is 2.20 bits per heavy atom. The summed E-state index contributed by atoms with van der Waals surface area (Å²) in [6, 6.07) is 4.81. The fraction of sp³-hybridized carbons (Fsp3) is 0.353. The van der Waals surface area contributed by atoms with Gasteiger partial charge in [0.2, 0.25) is 0 Å². The predicted molar refractivity (Wildman–Crippen MR) is 105 cm³/mol. The van der Waals surface area contributed by atoms with E-state index < -0.39 is 5.54 Å².